The number of alkyl halides is 2. The van der Waals surface area contributed by atoms with E-state index < -0.39 is 21.4 Å². The number of carbonyl (C=O) groups excluding carboxylic acids is 1. The Hall–Kier alpha value is -2.72. The van der Waals surface area contributed by atoms with Crippen molar-refractivity contribution in [2.75, 3.05) is 38.5 Å². The third-order valence-electron chi connectivity index (χ3n) is 8.42. The van der Waals surface area contributed by atoms with Crippen molar-refractivity contribution in [1.82, 2.24) is 9.80 Å². The van der Waals surface area contributed by atoms with Gasteiger partial charge in [-0.1, -0.05) is 30.3 Å². The summed E-state index contributed by atoms with van der Waals surface area (Å²) in [5, 5.41) is 0. The maximum atomic E-state index is 13.3. The highest BCUT2D eigenvalue weighted by Gasteiger charge is 2.41. The second-order valence-corrected chi connectivity index (χ2v) is 15.3. The van der Waals surface area contributed by atoms with Gasteiger partial charge in [-0.25, -0.2) is 22.0 Å². The number of hydrogen-bond donors (Lipinski definition) is 0. The minimum atomic E-state index is -3.33. The Balaban J connectivity index is 1.13. The number of sulfone groups is 1. The molecule has 0 aromatic heterocycles. The van der Waals surface area contributed by atoms with Gasteiger partial charge in [0.15, 0.2) is 9.84 Å². The van der Waals surface area contributed by atoms with Crippen molar-refractivity contribution >= 4 is 15.9 Å². The number of hydrogen-bond acceptors (Lipinski definition) is 6. The molecule has 2 aromatic rings. The van der Waals surface area contributed by atoms with Gasteiger partial charge in [0.1, 0.15) is 17.0 Å². The lowest BCUT2D eigenvalue weighted by Crippen LogP contribution is -2.52. The SMILES string of the molecule is CC(C)(C)OC(=O)N1CCC2(CCc3cc(-c4ccc(CS(=O)(=O)CCCN5CCC(F)(F)C5)cc4)ccc3O2)CC1. The summed E-state index contributed by atoms with van der Waals surface area (Å²) in [5.74, 6) is -1.84. The van der Waals surface area contributed by atoms with Crippen LogP contribution < -0.4 is 4.74 Å². The van der Waals surface area contributed by atoms with Crippen molar-refractivity contribution in [2.45, 2.75) is 82.2 Å². The van der Waals surface area contributed by atoms with E-state index in [0.717, 1.165) is 48.1 Å². The molecule has 7 nitrogen and oxygen atoms in total. The molecule has 3 aliphatic rings. The molecule has 2 saturated heterocycles. The lowest BCUT2D eigenvalue weighted by atomic mass is 9.82. The molecule has 10 heteroatoms. The number of aryl methyl sites for hydroxylation is 1. The Morgan fingerprint density at radius 1 is 0.976 bits per heavy atom. The molecule has 42 heavy (non-hydrogen) atoms. The zero-order valence-electron chi connectivity index (χ0n) is 24.8. The number of rotatable bonds is 7. The van der Waals surface area contributed by atoms with Gasteiger partial charge in [0.2, 0.25) is 0 Å². The first-order chi connectivity index (χ1) is 19.7. The molecule has 0 unspecified atom stereocenters. The van der Waals surface area contributed by atoms with Crippen LogP contribution in [0.2, 0.25) is 0 Å². The molecule has 0 atom stereocenters. The first kappa shape index (κ1) is 30.7. The van der Waals surface area contributed by atoms with E-state index in [0.29, 0.717) is 38.2 Å². The van der Waals surface area contributed by atoms with Crippen molar-refractivity contribution in [3.05, 3.63) is 53.6 Å². The van der Waals surface area contributed by atoms with Crippen LogP contribution in [0.15, 0.2) is 42.5 Å². The number of halogens is 2. The summed E-state index contributed by atoms with van der Waals surface area (Å²) in [5.41, 5.74) is 3.13. The Bertz CT molecular complexity index is 1380. The van der Waals surface area contributed by atoms with Gasteiger partial charge in [-0.05, 0) is 81.0 Å². The van der Waals surface area contributed by atoms with Gasteiger partial charge in [-0.15, -0.1) is 0 Å². The van der Waals surface area contributed by atoms with E-state index in [-0.39, 0.29) is 36.2 Å². The summed E-state index contributed by atoms with van der Waals surface area (Å²) < 4.78 is 64.1. The quantitative estimate of drug-likeness (QED) is 0.381. The van der Waals surface area contributed by atoms with Crippen LogP contribution in [-0.4, -0.2) is 79.9 Å². The number of carbonyl (C=O) groups is 1. The van der Waals surface area contributed by atoms with Gasteiger partial charge >= 0.3 is 6.09 Å². The second-order valence-electron chi connectivity index (χ2n) is 13.1. The lowest BCUT2D eigenvalue weighted by molar-refractivity contribution is -0.0272. The fraction of sp³-hybridized carbons (Fsp3) is 0.594. The fourth-order valence-corrected chi connectivity index (χ4v) is 7.52. The molecule has 3 aliphatic heterocycles. The zero-order valence-corrected chi connectivity index (χ0v) is 25.7. The first-order valence-electron chi connectivity index (χ1n) is 14.9. The first-order valence-corrected chi connectivity index (χ1v) is 16.7. The summed E-state index contributed by atoms with van der Waals surface area (Å²) >= 11 is 0. The Morgan fingerprint density at radius 3 is 2.31 bits per heavy atom. The smallest absolute Gasteiger partial charge is 0.410 e. The predicted molar refractivity (Wildman–Crippen MR) is 159 cm³/mol. The molecule has 2 aromatic carbocycles. The minimum Gasteiger partial charge on any atom is -0.487 e. The van der Waals surface area contributed by atoms with Crippen molar-refractivity contribution in [3.8, 4) is 16.9 Å². The summed E-state index contributed by atoms with van der Waals surface area (Å²) in [6.45, 7) is 7.26. The number of amides is 1. The molecule has 0 bridgehead atoms. The number of fused-ring (bicyclic) bond motifs is 1. The third kappa shape index (κ3) is 7.81. The average molecular weight is 605 g/mol. The highest BCUT2D eigenvalue weighted by Crippen LogP contribution is 2.41. The molecule has 0 saturated carbocycles. The Morgan fingerprint density at radius 2 is 1.67 bits per heavy atom. The average Bonchev–Trinajstić information content (AvgIpc) is 3.26. The molecule has 2 fully saturated rings. The van der Waals surface area contributed by atoms with E-state index in [4.69, 9.17) is 9.47 Å². The number of benzene rings is 2. The topological polar surface area (TPSA) is 76.2 Å². The van der Waals surface area contributed by atoms with E-state index in [1.807, 2.05) is 57.2 Å². The van der Waals surface area contributed by atoms with Crippen molar-refractivity contribution in [3.63, 3.8) is 0 Å². The van der Waals surface area contributed by atoms with Crippen molar-refractivity contribution < 1.29 is 31.5 Å². The van der Waals surface area contributed by atoms with Gasteiger partial charge < -0.3 is 14.4 Å². The molecule has 5 rings (SSSR count). The van der Waals surface area contributed by atoms with Crippen LogP contribution in [0.1, 0.15) is 64.0 Å². The summed E-state index contributed by atoms with van der Waals surface area (Å²) in [6.07, 6.45) is 3.26. The van der Waals surface area contributed by atoms with Gasteiger partial charge in [0.05, 0.1) is 18.1 Å². The number of likely N-dealkylation sites (tertiary alicyclic amines) is 2. The van der Waals surface area contributed by atoms with Crippen molar-refractivity contribution in [1.29, 1.82) is 0 Å². The van der Waals surface area contributed by atoms with Crippen LogP contribution in [0, 0.1) is 0 Å². The highest BCUT2D eigenvalue weighted by atomic mass is 32.2. The minimum absolute atomic E-state index is 0.0117. The molecule has 0 radical (unpaired) electrons. The third-order valence-corrected chi connectivity index (χ3v) is 10.1. The molecular formula is C32H42F2N2O5S. The van der Waals surface area contributed by atoms with E-state index in [2.05, 4.69) is 6.07 Å². The standard InChI is InChI=1S/C32H42F2N2O5S/c1-30(2,3)41-29(37)36-18-13-31(14-19-36)12-11-27-21-26(9-10-28(27)40-31)25-7-5-24(6-8-25)22-42(38,39)20-4-16-35-17-15-32(33,34)23-35/h5-10,21H,4,11-20,22-23H2,1-3H3. The fourth-order valence-electron chi connectivity index (χ4n) is 6.10. The van der Waals surface area contributed by atoms with E-state index in [1.165, 1.54) is 0 Å². The second kappa shape index (κ2) is 11.8. The molecule has 0 aliphatic carbocycles. The van der Waals surface area contributed by atoms with Crippen LogP contribution in [0.3, 0.4) is 0 Å². The van der Waals surface area contributed by atoms with Gasteiger partial charge in [0.25, 0.3) is 5.92 Å². The van der Waals surface area contributed by atoms with Crippen LogP contribution in [0.5, 0.6) is 5.75 Å². The molecule has 3 heterocycles. The van der Waals surface area contributed by atoms with Gasteiger partial charge in [-0.3, -0.25) is 4.90 Å². The van der Waals surface area contributed by atoms with E-state index in [9.17, 15) is 22.0 Å². The van der Waals surface area contributed by atoms with Crippen LogP contribution in [-0.2, 0) is 26.7 Å². The molecule has 230 valence electrons. The summed E-state index contributed by atoms with van der Waals surface area (Å²) in [4.78, 5) is 15.9. The number of piperidine rings is 1. The maximum Gasteiger partial charge on any atom is 0.410 e. The molecular weight excluding hydrogens is 562 g/mol. The van der Waals surface area contributed by atoms with Crippen LogP contribution in [0.25, 0.3) is 11.1 Å². The number of nitrogens with zero attached hydrogens (tertiary/aromatic N) is 2. The normalized spacial score (nSPS) is 20.3. The summed E-state index contributed by atoms with van der Waals surface area (Å²) in [6, 6.07) is 13.8. The molecule has 0 N–H and O–H groups in total. The van der Waals surface area contributed by atoms with Gasteiger partial charge in [0, 0.05) is 38.9 Å². The summed E-state index contributed by atoms with van der Waals surface area (Å²) in [7, 11) is -3.33. The highest BCUT2D eigenvalue weighted by molar-refractivity contribution is 7.90. The maximum absolute atomic E-state index is 13.3. The van der Waals surface area contributed by atoms with Gasteiger partial charge in [-0.2, -0.15) is 0 Å². The van der Waals surface area contributed by atoms with E-state index >= 15 is 0 Å². The predicted octanol–water partition coefficient (Wildman–Crippen LogP) is 6.09. The van der Waals surface area contributed by atoms with Crippen LogP contribution in [0.4, 0.5) is 13.6 Å². The van der Waals surface area contributed by atoms with Crippen LogP contribution >= 0.6 is 0 Å². The zero-order chi connectivity index (χ0) is 30.2. The lowest BCUT2D eigenvalue weighted by Gasteiger charge is -2.44. The Labute approximate surface area is 248 Å². The molecule has 1 amide bonds. The Kier molecular flexibility index (Phi) is 8.60. The number of ether oxygens (including phenoxy) is 2. The van der Waals surface area contributed by atoms with E-state index in [1.54, 1.807) is 9.80 Å². The monoisotopic (exact) mass is 604 g/mol. The largest absolute Gasteiger partial charge is 0.487 e. The molecule has 1 spiro atoms. The van der Waals surface area contributed by atoms with Crippen molar-refractivity contribution in [2.24, 2.45) is 0 Å².